The Hall–Kier alpha value is -0.910. The summed E-state index contributed by atoms with van der Waals surface area (Å²) in [5.41, 5.74) is 1.25. The van der Waals surface area contributed by atoms with Gasteiger partial charge in [0.2, 0.25) is 5.28 Å². The summed E-state index contributed by atoms with van der Waals surface area (Å²) in [6.07, 6.45) is 1.09. The molecule has 0 saturated heterocycles. The molecule has 0 bridgehead atoms. The monoisotopic (exact) mass is 326 g/mol. The van der Waals surface area contributed by atoms with E-state index in [1.165, 1.54) is 10.4 Å². The van der Waals surface area contributed by atoms with Crippen LogP contribution < -0.4 is 5.32 Å². The lowest BCUT2D eigenvalue weighted by molar-refractivity contribution is 0.303. The molecule has 0 saturated carbocycles. The van der Waals surface area contributed by atoms with Crippen molar-refractivity contribution in [3.05, 3.63) is 15.7 Å². The maximum absolute atomic E-state index is 6.03. The van der Waals surface area contributed by atoms with Gasteiger partial charge in [0.15, 0.2) is 0 Å². The maximum Gasteiger partial charge on any atom is 0.225 e. The first-order valence-corrected chi connectivity index (χ1v) is 8.65. The molecular weight excluding hydrogens is 304 g/mol. The highest BCUT2D eigenvalue weighted by molar-refractivity contribution is 7.18. The van der Waals surface area contributed by atoms with E-state index < -0.39 is 0 Å². The van der Waals surface area contributed by atoms with Crippen LogP contribution >= 0.6 is 22.9 Å². The summed E-state index contributed by atoms with van der Waals surface area (Å²) in [4.78, 5) is 13.4. The molecule has 2 aromatic heterocycles. The topological polar surface area (TPSA) is 41.0 Å². The minimum Gasteiger partial charge on any atom is -0.369 e. The fourth-order valence-electron chi connectivity index (χ4n) is 2.40. The molecule has 0 amide bonds. The molecule has 0 spiro atoms. The van der Waals surface area contributed by atoms with E-state index >= 15 is 0 Å². The third-order valence-electron chi connectivity index (χ3n) is 3.84. The minimum absolute atomic E-state index is 0.315. The van der Waals surface area contributed by atoms with Crippen molar-refractivity contribution in [1.29, 1.82) is 0 Å². The summed E-state index contributed by atoms with van der Waals surface area (Å²) in [6.45, 7) is 12.8. The van der Waals surface area contributed by atoms with Crippen molar-refractivity contribution < 1.29 is 0 Å². The molecule has 2 rings (SSSR count). The van der Waals surface area contributed by atoms with Crippen molar-refractivity contribution in [1.82, 2.24) is 14.9 Å². The number of anilines is 1. The zero-order valence-electron chi connectivity index (χ0n) is 13.2. The molecule has 21 heavy (non-hydrogen) atoms. The van der Waals surface area contributed by atoms with Gasteiger partial charge in [0, 0.05) is 11.4 Å². The first-order chi connectivity index (χ1) is 10.1. The molecule has 0 fully saturated rings. The van der Waals surface area contributed by atoms with Gasteiger partial charge in [-0.1, -0.05) is 13.8 Å². The van der Waals surface area contributed by atoms with Gasteiger partial charge in [-0.15, -0.1) is 11.3 Å². The average Bonchev–Trinajstić information content (AvgIpc) is 2.73. The molecule has 1 N–H and O–H groups in total. The van der Waals surface area contributed by atoms with Crippen molar-refractivity contribution in [2.24, 2.45) is 0 Å². The number of hydrogen-bond donors (Lipinski definition) is 1. The Bertz CT molecular complexity index is 607. The highest BCUT2D eigenvalue weighted by Crippen LogP contribution is 2.33. The summed E-state index contributed by atoms with van der Waals surface area (Å²) in [5.74, 6) is 0.867. The van der Waals surface area contributed by atoms with E-state index in [2.05, 4.69) is 47.9 Å². The molecule has 2 heterocycles. The van der Waals surface area contributed by atoms with Crippen molar-refractivity contribution >= 4 is 39.0 Å². The molecule has 0 atom stereocenters. The standard InChI is InChI=1S/C15H23ClN4S/c1-5-20(6-2)9-7-8-17-13-12-10(3)11(4)21-14(12)19-15(16)18-13/h5-9H2,1-4H3,(H,17,18,19). The summed E-state index contributed by atoms with van der Waals surface area (Å²) < 4.78 is 0. The number of rotatable bonds is 7. The van der Waals surface area contributed by atoms with Crippen LogP contribution in [0.25, 0.3) is 10.2 Å². The van der Waals surface area contributed by atoms with E-state index in [0.717, 1.165) is 48.6 Å². The fourth-order valence-corrected chi connectivity index (χ4v) is 3.65. The molecule has 0 aliphatic carbocycles. The summed E-state index contributed by atoms with van der Waals surface area (Å²) in [5, 5.41) is 4.86. The van der Waals surface area contributed by atoms with E-state index in [0.29, 0.717) is 5.28 Å². The molecule has 0 aliphatic heterocycles. The Kier molecular flexibility index (Phi) is 5.79. The first-order valence-electron chi connectivity index (χ1n) is 7.46. The van der Waals surface area contributed by atoms with E-state index in [-0.39, 0.29) is 0 Å². The van der Waals surface area contributed by atoms with Gasteiger partial charge in [0.05, 0.1) is 5.39 Å². The van der Waals surface area contributed by atoms with Gasteiger partial charge in [0.1, 0.15) is 10.6 Å². The van der Waals surface area contributed by atoms with Crippen LogP contribution in [0.2, 0.25) is 5.28 Å². The predicted molar refractivity (Wildman–Crippen MR) is 92.8 cm³/mol. The lowest BCUT2D eigenvalue weighted by atomic mass is 10.2. The SMILES string of the molecule is CCN(CC)CCCNc1nc(Cl)nc2sc(C)c(C)c12. The second kappa shape index (κ2) is 7.38. The summed E-state index contributed by atoms with van der Waals surface area (Å²) >= 11 is 7.70. The van der Waals surface area contributed by atoms with Crippen LogP contribution in [0.15, 0.2) is 0 Å². The van der Waals surface area contributed by atoms with Crippen molar-refractivity contribution in [3.8, 4) is 0 Å². The second-order valence-corrected chi connectivity index (χ2v) is 6.65. The van der Waals surface area contributed by atoms with Gasteiger partial charge < -0.3 is 10.2 Å². The lowest BCUT2D eigenvalue weighted by Crippen LogP contribution is -2.25. The molecule has 0 radical (unpaired) electrons. The van der Waals surface area contributed by atoms with Gasteiger partial charge >= 0.3 is 0 Å². The van der Waals surface area contributed by atoms with Gasteiger partial charge in [-0.25, -0.2) is 9.97 Å². The molecule has 0 aliphatic rings. The van der Waals surface area contributed by atoms with Crippen LogP contribution in [0.5, 0.6) is 0 Å². The van der Waals surface area contributed by atoms with Crippen LogP contribution in [-0.4, -0.2) is 41.0 Å². The molecular formula is C15H23ClN4S. The van der Waals surface area contributed by atoms with Crippen molar-refractivity contribution in [2.75, 3.05) is 31.5 Å². The smallest absolute Gasteiger partial charge is 0.225 e. The fraction of sp³-hybridized carbons (Fsp3) is 0.600. The largest absolute Gasteiger partial charge is 0.369 e. The minimum atomic E-state index is 0.315. The van der Waals surface area contributed by atoms with Gasteiger partial charge in [-0.05, 0) is 57.1 Å². The Labute approximate surface area is 135 Å². The van der Waals surface area contributed by atoms with Crippen LogP contribution in [0, 0.1) is 13.8 Å². The van der Waals surface area contributed by atoms with E-state index in [1.54, 1.807) is 11.3 Å². The van der Waals surface area contributed by atoms with Crippen LogP contribution in [-0.2, 0) is 0 Å². The Balaban J connectivity index is 2.08. The Morgan fingerprint density at radius 2 is 1.90 bits per heavy atom. The van der Waals surface area contributed by atoms with E-state index in [4.69, 9.17) is 11.6 Å². The predicted octanol–water partition coefficient (Wildman–Crippen LogP) is 4.11. The number of aryl methyl sites for hydroxylation is 2. The molecule has 0 unspecified atom stereocenters. The van der Waals surface area contributed by atoms with Gasteiger partial charge in [-0.3, -0.25) is 0 Å². The number of nitrogens with one attached hydrogen (secondary N) is 1. The quantitative estimate of drug-likeness (QED) is 0.614. The lowest BCUT2D eigenvalue weighted by Gasteiger charge is -2.18. The van der Waals surface area contributed by atoms with Gasteiger partial charge in [-0.2, -0.15) is 0 Å². The average molecular weight is 327 g/mol. The molecule has 6 heteroatoms. The summed E-state index contributed by atoms with van der Waals surface area (Å²) in [7, 11) is 0. The third-order valence-corrected chi connectivity index (χ3v) is 5.11. The zero-order chi connectivity index (χ0) is 15.4. The number of nitrogens with zero attached hydrogens (tertiary/aromatic N) is 3. The number of hydrogen-bond acceptors (Lipinski definition) is 5. The summed E-state index contributed by atoms with van der Waals surface area (Å²) in [6, 6.07) is 0. The Morgan fingerprint density at radius 1 is 1.19 bits per heavy atom. The molecule has 4 nitrogen and oxygen atoms in total. The van der Waals surface area contributed by atoms with Gasteiger partial charge in [0.25, 0.3) is 0 Å². The third kappa shape index (κ3) is 3.84. The highest BCUT2D eigenvalue weighted by Gasteiger charge is 2.13. The normalized spacial score (nSPS) is 11.5. The second-order valence-electron chi connectivity index (χ2n) is 5.11. The van der Waals surface area contributed by atoms with Crippen molar-refractivity contribution in [3.63, 3.8) is 0 Å². The van der Waals surface area contributed by atoms with Crippen LogP contribution in [0.4, 0.5) is 5.82 Å². The highest BCUT2D eigenvalue weighted by atomic mass is 35.5. The van der Waals surface area contributed by atoms with Crippen molar-refractivity contribution in [2.45, 2.75) is 34.1 Å². The van der Waals surface area contributed by atoms with E-state index in [1.807, 2.05) is 0 Å². The van der Waals surface area contributed by atoms with E-state index in [9.17, 15) is 0 Å². The first kappa shape index (κ1) is 16.5. The zero-order valence-corrected chi connectivity index (χ0v) is 14.7. The Morgan fingerprint density at radius 3 is 2.57 bits per heavy atom. The molecule has 116 valence electrons. The molecule has 0 aromatic carbocycles. The molecule has 2 aromatic rings. The maximum atomic E-state index is 6.03. The number of aromatic nitrogens is 2. The number of fused-ring (bicyclic) bond motifs is 1. The van der Waals surface area contributed by atoms with Crippen LogP contribution in [0.1, 0.15) is 30.7 Å². The van der Waals surface area contributed by atoms with Crippen LogP contribution in [0.3, 0.4) is 0 Å². The number of halogens is 1. The number of thiophene rings is 1.